The van der Waals surface area contributed by atoms with Gasteiger partial charge in [0.2, 0.25) is 5.91 Å². The molecule has 0 unspecified atom stereocenters. The van der Waals surface area contributed by atoms with Gasteiger partial charge in [0.05, 0.1) is 0 Å². The molecule has 0 atom stereocenters. The number of carbonyl (C=O) groups excluding carboxylic acids is 1. The van der Waals surface area contributed by atoms with Gasteiger partial charge < -0.3 is 9.88 Å². The Kier molecular flexibility index (Phi) is 6.30. The van der Waals surface area contributed by atoms with Gasteiger partial charge in [-0.25, -0.2) is 0 Å². The van der Waals surface area contributed by atoms with Crippen LogP contribution in [0, 0.1) is 0 Å². The lowest BCUT2D eigenvalue weighted by Crippen LogP contribution is -2.26. The van der Waals surface area contributed by atoms with E-state index >= 15 is 0 Å². The highest BCUT2D eigenvalue weighted by atomic mass is 16.1. The van der Waals surface area contributed by atoms with Crippen LogP contribution in [0.2, 0.25) is 0 Å². The number of fused-ring (bicyclic) bond motifs is 1. The molecule has 0 saturated heterocycles. The van der Waals surface area contributed by atoms with Crippen LogP contribution in [0.1, 0.15) is 69.2 Å². The first kappa shape index (κ1) is 19.6. The van der Waals surface area contributed by atoms with E-state index in [0.29, 0.717) is 13.0 Å². The fourth-order valence-electron chi connectivity index (χ4n) is 3.56. The van der Waals surface area contributed by atoms with Gasteiger partial charge in [0.25, 0.3) is 0 Å². The largest absolute Gasteiger partial charge is 0.356 e. The number of carbonyl (C=O) groups is 1. The van der Waals surface area contributed by atoms with E-state index in [0.717, 1.165) is 37.5 Å². The number of hydrogen-bond donors (Lipinski definition) is 1. The molecule has 1 N–H and O–H groups in total. The van der Waals surface area contributed by atoms with Crippen molar-refractivity contribution in [2.75, 3.05) is 6.54 Å². The molecule has 0 bridgehead atoms. The summed E-state index contributed by atoms with van der Waals surface area (Å²) in [5.74, 6) is 2.21. The molecule has 0 spiro atoms. The summed E-state index contributed by atoms with van der Waals surface area (Å²) in [4.78, 5) is 12.2. The third-order valence-electron chi connectivity index (χ3n) is 5.32. The van der Waals surface area contributed by atoms with E-state index in [9.17, 15) is 4.79 Å². The number of nitrogens with zero attached hydrogens (tertiary/aromatic N) is 3. The molecule has 0 aliphatic carbocycles. The molecule has 5 nitrogen and oxygen atoms in total. The van der Waals surface area contributed by atoms with E-state index in [1.54, 1.807) is 0 Å². The second kappa shape index (κ2) is 8.68. The molecule has 2 aromatic rings. The van der Waals surface area contributed by atoms with Gasteiger partial charge >= 0.3 is 0 Å². The van der Waals surface area contributed by atoms with E-state index in [2.05, 4.69) is 65.1 Å². The molecule has 2 heterocycles. The molecule has 0 fully saturated rings. The third kappa shape index (κ3) is 5.41. The first-order valence-electron chi connectivity index (χ1n) is 10.2. The van der Waals surface area contributed by atoms with Gasteiger partial charge in [0.15, 0.2) is 0 Å². The van der Waals surface area contributed by atoms with Crippen LogP contribution < -0.4 is 5.32 Å². The Hall–Kier alpha value is -2.17. The van der Waals surface area contributed by atoms with Crippen molar-refractivity contribution in [1.29, 1.82) is 0 Å². The number of nitrogens with one attached hydrogen (secondary N) is 1. The number of hydrogen-bond acceptors (Lipinski definition) is 3. The minimum absolute atomic E-state index is 0.102. The Labute approximate surface area is 162 Å². The number of benzene rings is 1. The fourth-order valence-corrected chi connectivity index (χ4v) is 3.56. The maximum atomic E-state index is 12.2. The summed E-state index contributed by atoms with van der Waals surface area (Å²) in [6, 6.07) is 8.62. The standard InChI is InChI=1S/C22H32N4O/c1-22(2,3)18-11-8-17(9-12-18)10-13-21(27)23-15-14-20-25-24-19-7-5-4-6-16-26(19)20/h8-9,11-12H,4-7,10,13-16H2,1-3H3,(H,23,27). The molecule has 5 heteroatoms. The first-order valence-corrected chi connectivity index (χ1v) is 10.2. The molecule has 1 aromatic carbocycles. The monoisotopic (exact) mass is 368 g/mol. The first-order chi connectivity index (χ1) is 12.9. The molecule has 1 aromatic heterocycles. The predicted molar refractivity (Wildman–Crippen MR) is 108 cm³/mol. The molecule has 1 aliphatic heterocycles. The Morgan fingerprint density at radius 3 is 2.59 bits per heavy atom. The van der Waals surface area contributed by atoms with Crippen LogP contribution in [-0.4, -0.2) is 27.2 Å². The minimum atomic E-state index is 0.102. The van der Waals surface area contributed by atoms with E-state index in [-0.39, 0.29) is 11.3 Å². The molecule has 1 amide bonds. The quantitative estimate of drug-likeness (QED) is 0.847. The summed E-state index contributed by atoms with van der Waals surface area (Å²) in [6.45, 7) is 8.27. The van der Waals surface area contributed by atoms with Crippen molar-refractivity contribution in [1.82, 2.24) is 20.1 Å². The lowest BCUT2D eigenvalue weighted by Gasteiger charge is -2.19. The van der Waals surface area contributed by atoms with E-state index in [1.807, 2.05) is 0 Å². The van der Waals surface area contributed by atoms with Crippen molar-refractivity contribution >= 4 is 5.91 Å². The lowest BCUT2D eigenvalue weighted by molar-refractivity contribution is -0.121. The SMILES string of the molecule is CC(C)(C)c1ccc(CCC(=O)NCCc2nnc3n2CCCCC3)cc1. The van der Waals surface area contributed by atoms with E-state index in [4.69, 9.17) is 0 Å². The number of rotatable bonds is 6. The summed E-state index contributed by atoms with van der Waals surface area (Å²) in [6.07, 6.45) is 6.72. The van der Waals surface area contributed by atoms with E-state index in [1.165, 1.54) is 30.4 Å². The van der Waals surface area contributed by atoms with Crippen LogP contribution in [-0.2, 0) is 36.0 Å². The van der Waals surface area contributed by atoms with Gasteiger partial charge in [-0.15, -0.1) is 10.2 Å². The lowest BCUT2D eigenvalue weighted by atomic mass is 9.86. The Bertz CT molecular complexity index is 756. The van der Waals surface area contributed by atoms with Gasteiger partial charge in [0.1, 0.15) is 11.6 Å². The average molecular weight is 369 g/mol. The van der Waals surface area contributed by atoms with Gasteiger partial charge in [-0.2, -0.15) is 0 Å². The predicted octanol–water partition coefficient (Wildman–Crippen LogP) is 3.59. The fraction of sp³-hybridized carbons (Fsp3) is 0.591. The molecule has 0 radical (unpaired) electrons. The smallest absolute Gasteiger partial charge is 0.220 e. The van der Waals surface area contributed by atoms with Crippen LogP contribution in [0.4, 0.5) is 0 Å². The highest BCUT2D eigenvalue weighted by Gasteiger charge is 2.15. The van der Waals surface area contributed by atoms with Crippen molar-refractivity contribution in [2.45, 2.75) is 77.7 Å². The third-order valence-corrected chi connectivity index (χ3v) is 5.32. The topological polar surface area (TPSA) is 59.8 Å². The van der Waals surface area contributed by atoms with Crippen molar-refractivity contribution in [3.8, 4) is 0 Å². The molecule has 0 saturated carbocycles. The summed E-state index contributed by atoms with van der Waals surface area (Å²) < 4.78 is 2.25. The van der Waals surface area contributed by atoms with Crippen molar-refractivity contribution in [2.24, 2.45) is 0 Å². The second-order valence-corrected chi connectivity index (χ2v) is 8.54. The Morgan fingerprint density at radius 2 is 1.85 bits per heavy atom. The normalized spacial score (nSPS) is 14.5. The summed E-state index contributed by atoms with van der Waals surface area (Å²) >= 11 is 0. The summed E-state index contributed by atoms with van der Waals surface area (Å²) in [5, 5.41) is 11.7. The van der Waals surface area contributed by atoms with Crippen molar-refractivity contribution in [3.63, 3.8) is 0 Å². The van der Waals surface area contributed by atoms with Gasteiger partial charge in [-0.3, -0.25) is 4.79 Å². The zero-order valence-electron chi connectivity index (χ0n) is 16.9. The number of aryl methyl sites for hydroxylation is 2. The van der Waals surface area contributed by atoms with Crippen LogP contribution in [0.5, 0.6) is 0 Å². The van der Waals surface area contributed by atoms with Crippen LogP contribution in [0.3, 0.4) is 0 Å². The summed E-state index contributed by atoms with van der Waals surface area (Å²) in [5.41, 5.74) is 2.69. The number of aromatic nitrogens is 3. The highest BCUT2D eigenvalue weighted by Crippen LogP contribution is 2.22. The van der Waals surface area contributed by atoms with Gasteiger partial charge in [-0.05, 0) is 35.8 Å². The van der Waals surface area contributed by atoms with Crippen LogP contribution in [0.25, 0.3) is 0 Å². The Balaban J connectivity index is 1.42. The second-order valence-electron chi connectivity index (χ2n) is 8.54. The van der Waals surface area contributed by atoms with Gasteiger partial charge in [-0.1, -0.05) is 51.5 Å². The zero-order valence-corrected chi connectivity index (χ0v) is 16.9. The zero-order chi connectivity index (χ0) is 19.3. The van der Waals surface area contributed by atoms with Crippen LogP contribution >= 0.6 is 0 Å². The van der Waals surface area contributed by atoms with E-state index < -0.39 is 0 Å². The average Bonchev–Trinajstić information content (AvgIpc) is 2.86. The summed E-state index contributed by atoms with van der Waals surface area (Å²) in [7, 11) is 0. The van der Waals surface area contributed by atoms with Crippen LogP contribution in [0.15, 0.2) is 24.3 Å². The number of amides is 1. The molecular weight excluding hydrogens is 336 g/mol. The van der Waals surface area contributed by atoms with Crippen molar-refractivity contribution in [3.05, 3.63) is 47.0 Å². The maximum absolute atomic E-state index is 12.2. The molecule has 27 heavy (non-hydrogen) atoms. The van der Waals surface area contributed by atoms with Gasteiger partial charge in [0, 0.05) is 32.4 Å². The molecule has 3 rings (SSSR count). The van der Waals surface area contributed by atoms with Crippen molar-refractivity contribution < 1.29 is 4.79 Å². The molecular formula is C22H32N4O. The minimum Gasteiger partial charge on any atom is -0.356 e. The Morgan fingerprint density at radius 1 is 1.07 bits per heavy atom. The molecule has 146 valence electrons. The highest BCUT2D eigenvalue weighted by molar-refractivity contribution is 5.76. The molecule has 1 aliphatic rings. The maximum Gasteiger partial charge on any atom is 0.220 e.